The molecule has 0 spiro atoms. The maximum absolute atomic E-state index is 12.3. The van der Waals surface area contributed by atoms with Crippen molar-refractivity contribution in [1.29, 1.82) is 0 Å². The van der Waals surface area contributed by atoms with Gasteiger partial charge in [0.15, 0.2) is 0 Å². The van der Waals surface area contributed by atoms with E-state index >= 15 is 0 Å². The van der Waals surface area contributed by atoms with Crippen LogP contribution in [-0.4, -0.2) is 27.3 Å². The van der Waals surface area contributed by atoms with E-state index in [2.05, 4.69) is 30.8 Å². The van der Waals surface area contributed by atoms with Crippen LogP contribution >= 0.6 is 0 Å². The van der Waals surface area contributed by atoms with Crippen molar-refractivity contribution in [2.24, 2.45) is 10.8 Å². The van der Waals surface area contributed by atoms with Crippen molar-refractivity contribution in [3.05, 3.63) is 27.7 Å². The van der Waals surface area contributed by atoms with Gasteiger partial charge in [0.25, 0.3) is 5.56 Å². The second kappa shape index (κ2) is 4.67. The zero-order chi connectivity index (χ0) is 15.5. The molecule has 1 aliphatic heterocycles. The lowest BCUT2D eigenvalue weighted by molar-refractivity contribution is 0.119. The number of likely N-dealkylation sites (tertiary alicyclic amines) is 1. The molecule has 0 radical (unpaired) electrons. The molecule has 2 heterocycles. The van der Waals surface area contributed by atoms with Crippen LogP contribution in [0.2, 0.25) is 0 Å². The van der Waals surface area contributed by atoms with Crippen molar-refractivity contribution in [1.82, 2.24) is 14.7 Å². The Kier molecular flexibility index (Phi) is 3.06. The Morgan fingerprint density at radius 2 is 2.09 bits per heavy atom. The minimum Gasteiger partial charge on any atom is -0.281 e. The summed E-state index contributed by atoms with van der Waals surface area (Å²) >= 11 is 0. The number of hydrogen-bond acceptors (Lipinski definition) is 3. The van der Waals surface area contributed by atoms with Gasteiger partial charge >= 0.3 is 0 Å². The normalized spacial score (nSPS) is 33.1. The summed E-state index contributed by atoms with van der Waals surface area (Å²) in [6.45, 7) is 8.97. The molecule has 0 unspecified atom stereocenters. The Morgan fingerprint density at radius 3 is 2.91 bits per heavy atom. The fraction of sp³-hybridized carbons (Fsp3) is 0.778. The second-order valence-electron chi connectivity index (χ2n) is 8.91. The molecular formula is C18H27N3O. The van der Waals surface area contributed by atoms with Gasteiger partial charge in [0, 0.05) is 18.7 Å². The van der Waals surface area contributed by atoms with Gasteiger partial charge in [0.05, 0.1) is 12.4 Å². The molecule has 2 fully saturated rings. The maximum atomic E-state index is 12.3. The predicted octanol–water partition coefficient (Wildman–Crippen LogP) is 2.59. The molecule has 2 atom stereocenters. The van der Waals surface area contributed by atoms with Gasteiger partial charge in [-0.05, 0) is 54.9 Å². The summed E-state index contributed by atoms with van der Waals surface area (Å²) in [4.78, 5) is 14.8. The zero-order valence-corrected chi connectivity index (χ0v) is 14.1. The fourth-order valence-corrected chi connectivity index (χ4v) is 5.45. The van der Waals surface area contributed by atoms with Crippen LogP contribution in [0.4, 0.5) is 0 Å². The Bertz CT molecular complexity index is 663. The summed E-state index contributed by atoms with van der Waals surface area (Å²) in [6.07, 6.45) is 7.00. The van der Waals surface area contributed by atoms with E-state index in [0.29, 0.717) is 23.5 Å². The molecule has 0 amide bonds. The standard InChI is InChI=1S/C18H27N3O/c1-17(2)8-14-9-18(3,10-17)11-20(14)12-21-16(22)7-13-5-4-6-15(13)19-21/h7,14H,4-6,8-12H2,1-3H3/t14-,18-/m1/s1. The molecule has 3 aliphatic rings. The maximum Gasteiger partial charge on any atom is 0.268 e. The topological polar surface area (TPSA) is 38.1 Å². The quantitative estimate of drug-likeness (QED) is 0.843. The first-order chi connectivity index (χ1) is 10.3. The molecule has 4 rings (SSSR count). The highest BCUT2D eigenvalue weighted by atomic mass is 16.1. The van der Waals surface area contributed by atoms with Crippen LogP contribution < -0.4 is 5.56 Å². The molecule has 2 aliphatic carbocycles. The van der Waals surface area contributed by atoms with Crippen LogP contribution in [-0.2, 0) is 19.5 Å². The molecule has 1 aromatic heterocycles. The molecule has 1 saturated carbocycles. The Labute approximate surface area is 132 Å². The highest BCUT2D eigenvalue weighted by Gasteiger charge is 2.49. The second-order valence-corrected chi connectivity index (χ2v) is 8.91. The van der Waals surface area contributed by atoms with Crippen LogP contribution in [0.1, 0.15) is 57.7 Å². The van der Waals surface area contributed by atoms with Crippen LogP contribution in [0.25, 0.3) is 0 Å². The first-order valence-electron chi connectivity index (χ1n) is 8.68. The average Bonchev–Trinajstić information content (AvgIpc) is 2.91. The van der Waals surface area contributed by atoms with Gasteiger partial charge in [-0.15, -0.1) is 0 Å². The molecule has 2 bridgehead atoms. The number of hydrogen-bond donors (Lipinski definition) is 0. The number of nitrogens with zero attached hydrogens (tertiary/aromatic N) is 3. The SMILES string of the molecule is CC1(C)C[C@@H]2C[C@@](C)(CN2Cn2nc3c(cc2=O)CCC3)C1. The monoisotopic (exact) mass is 301 g/mol. The van der Waals surface area contributed by atoms with E-state index in [1.807, 2.05) is 6.07 Å². The van der Waals surface area contributed by atoms with E-state index in [9.17, 15) is 4.79 Å². The summed E-state index contributed by atoms with van der Waals surface area (Å²) in [5.41, 5.74) is 3.23. The summed E-state index contributed by atoms with van der Waals surface area (Å²) in [7, 11) is 0. The van der Waals surface area contributed by atoms with E-state index < -0.39 is 0 Å². The molecule has 22 heavy (non-hydrogen) atoms. The lowest BCUT2D eigenvalue weighted by Crippen LogP contribution is -2.38. The van der Waals surface area contributed by atoms with Gasteiger partial charge in [0.2, 0.25) is 0 Å². The molecule has 1 aromatic rings. The zero-order valence-electron chi connectivity index (χ0n) is 14.1. The lowest BCUT2D eigenvalue weighted by atomic mass is 9.65. The molecule has 0 aromatic carbocycles. The Balaban J connectivity index is 1.59. The van der Waals surface area contributed by atoms with Crippen molar-refractivity contribution < 1.29 is 0 Å². The molecule has 0 N–H and O–H groups in total. The minimum absolute atomic E-state index is 0.0755. The highest BCUT2D eigenvalue weighted by molar-refractivity contribution is 5.22. The average molecular weight is 301 g/mol. The van der Waals surface area contributed by atoms with E-state index in [1.54, 1.807) is 4.68 Å². The minimum atomic E-state index is 0.0755. The van der Waals surface area contributed by atoms with Gasteiger partial charge in [-0.25, -0.2) is 4.68 Å². The Morgan fingerprint density at radius 1 is 1.27 bits per heavy atom. The summed E-state index contributed by atoms with van der Waals surface area (Å²) in [5.74, 6) is 0. The molecule has 1 saturated heterocycles. The van der Waals surface area contributed by atoms with E-state index in [4.69, 9.17) is 0 Å². The van der Waals surface area contributed by atoms with Crippen LogP contribution in [0.5, 0.6) is 0 Å². The van der Waals surface area contributed by atoms with Crippen LogP contribution in [0.15, 0.2) is 10.9 Å². The van der Waals surface area contributed by atoms with Crippen molar-refractivity contribution in [3.8, 4) is 0 Å². The third kappa shape index (κ3) is 2.41. The lowest BCUT2D eigenvalue weighted by Gasteiger charge is -2.39. The van der Waals surface area contributed by atoms with Crippen molar-refractivity contribution in [2.45, 2.75) is 72.0 Å². The third-order valence-corrected chi connectivity index (χ3v) is 5.86. The van der Waals surface area contributed by atoms with E-state index in [1.165, 1.54) is 24.8 Å². The van der Waals surface area contributed by atoms with Gasteiger partial charge in [0.1, 0.15) is 0 Å². The summed E-state index contributed by atoms with van der Waals surface area (Å²) in [6, 6.07) is 2.43. The number of fused-ring (bicyclic) bond motifs is 3. The van der Waals surface area contributed by atoms with Crippen molar-refractivity contribution in [2.75, 3.05) is 6.54 Å². The van der Waals surface area contributed by atoms with E-state index in [0.717, 1.165) is 31.5 Å². The number of aromatic nitrogens is 2. The van der Waals surface area contributed by atoms with Crippen LogP contribution in [0, 0.1) is 10.8 Å². The number of rotatable bonds is 2. The van der Waals surface area contributed by atoms with Crippen LogP contribution in [0.3, 0.4) is 0 Å². The van der Waals surface area contributed by atoms with Gasteiger partial charge in [-0.3, -0.25) is 9.69 Å². The number of aryl methyl sites for hydroxylation is 2. The predicted molar refractivity (Wildman–Crippen MR) is 86.8 cm³/mol. The molecular weight excluding hydrogens is 274 g/mol. The van der Waals surface area contributed by atoms with Crippen molar-refractivity contribution >= 4 is 0 Å². The molecule has 120 valence electrons. The first kappa shape index (κ1) is 14.4. The largest absolute Gasteiger partial charge is 0.281 e. The fourth-order valence-electron chi connectivity index (χ4n) is 5.45. The summed E-state index contributed by atoms with van der Waals surface area (Å²) in [5, 5.41) is 4.65. The first-order valence-corrected chi connectivity index (χ1v) is 8.68. The smallest absolute Gasteiger partial charge is 0.268 e. The van der Waals surface area contributed by atoms with Crippen molar-refractivity contribution in [3.63, 3.8) is 0 Å². The Hall–Kier alpha value is -1.16. The summed E-state index contributed by atoms with van der Waals surface area (Å²) < 4.78 is 1.71. The van der Waals surface area contributed by atoms with Gasteiger partial charge in [-0.2, -0.15) is 5.10 Å². The molecule has 4 heteroatoms. The third-order valence-electron chi connectivity index (χ3n) is 5.86. The molecule has 4 nitrogen and oxygen atoms in total. The van der Waals surface area contributed by atoms with Gasteiger partial charge < -0.3 is 0 Å². The van der Waals surface area contributed by atoms with E-state index in [-0.39, 0.29) is 5.56 Å². The highest BCUT2D eigenvalue weighted by Crippen LogP contribution is 2.52. The van der Waals surface area contributed by atoms with Gasteiger partial charge in [-0.1, -0.05) is 20.8 Å².